The van der Waals surface area contributed by atoms with E-state index in [0.717, 1.165) is 12.8 Å². The maximum Gasteiger partial charge on any atom is 0.330 e. The minimum Gasteiger partial charge on any atom is -0.478 e. The molecule has 0 amide bonds. The monoisotopic (exact) mass is 361 g/mol. The zero-order chi connectivity index (χ0) is 18.9. The molecule has 0 unspecified atom stereocenters. The van der Waals surface area contributed by atoms with Gasteiger partial charge in [-0.2, -0.15) is 0 Å². The molecule has 0 aromatic heterocycles. The molecule has 0 aromatic carbocycles. The molecule has 2 aliphatic rings. The SMILES string of the molecule is CC(=C[C]1CCCCCCCCC1)C(=O)O.[C]1CCCCCCCCC1. The Balaban J connectivity index is 0.000000289. The first-order valence-corrected chi connectivity index (χ1v) is 11.2. The average molecular weight is 362 g/mol. The van der Waals surface area contributed by atoms with E-state index in [1.165, 1.54) is 109 Å². The van der Waals surface area contributed by atoms with Crippen molar-refractivity contribution in [3.05, 3.63) is 24.0 Å². The number of hydrogen-bond donors (Lipinski definition) is 1. The van der Waals surface area contributed by atoms with Gasteiger partial charge in [-0.3, -0.25) is 0 Å². The van der Waals surface area contributed by atoms with E-state index in [1.54, 1.807) is 6.92 Å². The molecule has 0 heterocycles. The Bertz CT molecular complexity index is 329. The van der Waals surface area contributed by atoms with Crippen LogP contribution in [0.5, 0.6) is 0 Å². The number of rotatable bonds is 2. The van der Waals surface area contributed by atoms with E-state index in [0.29, 0.717) is 5.57 Å². The Labute approximate surface area is 162 Å². The summed E-state index contributed by atoms with van der Waals surface area (Å²) >= 11 is 0. The van der Waals surface area contributed by atoms with Crippen LogP contribution in [0.25, 0.3) is 0 Å². The summed E-state index contributed by atoms with van der Waals surface area (Å²) in [5, 5.41) is 8.86. The standard InChI is InChI=1S/C14H23O2.C10H18/c1-12(14(15)16)11-13-9-7-5-3-2-4-6-8-10-13;1-2-4-6-8-10-9-7-5-3-1/h11H,2-10H2,1H3,(H,15,16);1-9H2. The zero-order valence-corrected chi connectivity index (χ0v) is 17.2. The molecule has 2 nitrogen and oxygen atoms in total. The van der Waals surface area contributed by atoms with Crippen molar-refractivity contribution in [1.82, 2.24) is 0 Å². The number of hydrogen-bond acceptors (Lipinski definition) is 1. The maximum absolute atomic E-state index is 10.8. The number of carboxylic acids is 1. The van der Waals surface area contributed by atoms with E-state index in [1.807, 2.05) is 6.08 Å². The highest BCUT2D eigenvalue weighted by molar-refractivity contribution is 5.86. The van der Waals surface area contributed by atoms with Crippen LogP contribution in [-0.4, -0.2) is 11.1 Å². The van der Waals surface area contributed by atoms with E-state index in [9.17, 15) is 4.79 Å². The molecule has 0 saturated heterocycles. The van der Waals surface area contributed by atoms with E-state index in [-0.39, 0.29) is 0 Å². The lowest BCUT2D eigenvalue weighted by Gasteiger charge is -2.14. The fourth-order valence-electron chi connectivity index (χ4n) is 3.73. The van der Waals surface area contributed by atoms with Gasteiger partial charge in [0.05, 0.1) is 0 Å². The molecular formula is C24H41O2. The Morgan fingerprint density at radius 3 is 1.54 bits per heavy atom. The Kier molecular flexibility index (Phi) is 14.7. The van der Waals surface area contributed by atoms with Gasteiger partial charge in [0.1, 0.15) is 0 Å². The van der Waals surface area contributed by atoms with Crippen LogP contribution in [0.3, 0.4) is 0 Å². The maximum atomic E-state index is 10.8. The van der Waals surface area contributed by atoms with Gasteiger partial charge < -0.3 is 5.11 Å². The van der Waals surface area contributed by atoms with Crippen molar-refractivity contribution in [2.75, 3.05) is 0 Å². The van der Waals surface area contributed by atoms with Crippen molar-refractivity contribution in [1.29, 1.82) is 0 Å². The molecule has 0 atom stereocenters. The number of carboxylic acid groups (broad SMARTS) is 1. The van der Waals surface area contributed by atoms with Crippen molar-refractivity contribution in [3.63, 3.8) is 0 Å². The first-order chi connectivity index (χ1) is 12.7. The predicted molar refractivity (Wildman–Crippen MR) is 111 cm³/mol. The van der Waals surface area contributed by atoms with Crippen LogP contribution in [0.4, 0.5) is 0 Å². The molecule has 2 fully saturated rings. The third-order valence-electron chi connectivity index (χ3n) is 5.46. The summed E-state index contributed by atoms with van der Waals surface area (Å²) in [6.45, 7) is 1.69. The molecular weight excluding hydrogens is 320 g/mol. The van der Waals surface area contributed by atoms with Crippen LogP contribution in [0.2, 0.25) is 0 Å². The van der Waals surface area contributed by atoms with Gasteiger partial charge in [-0.05, 0) is 44.9 Å². The molecule has 3 radical (unpaired) electrons. The molecule has 0 aliphatic heterocycles. The molecule has 0 bridgehead atoms. The molecule has 2 rings (SSSR count). The Hall–Kier alpha value is -0.790. The smallest absolute Gasteiger partial charge is 0.330 e. The van der Waals surface area contributed by atoms with E-state index >= 15 is 0 Å². The third-order valence-corrected chi connectivity index (χ3v) is 5.46. The van der Waals surface area contributed by atoms with Crippen molar-refractivity contribution in [3.8, 4) is 0 Å². The Morgan fingerprint density at radius 1 is 0.731 bits per heavy atom. The largest absolute Gasteiger partial charge is 0.478 e. The van der Waals surface area contributed by atoms with Gasteiger partial charge in [0.25, 0.3) is 0 Å². The van der Waals surface area contributed by atoms with Crippen molar-refractivity contribution in [2.45, 2.75) is 122 Å². The van der Waals surface area contributed by atoms with Crippen molar-refractivity contribution >= 4 is 5.97 Å². The van der Waals surface area contributed by atoms with Crippen molar-refractivity contribution < 1.29 is 9.90 Å². The first kappa shape index (κ1) is 23.2. The number of allylic oxidation sites excluding steroid dienone is 1. The van der Waals surface area contributed by atoms with Gasteiger partial charge >= 0.3 is 5.97 Å². The summed E-state index contributed by atoms with van der Waals surface area (Å²) in [5.74, 6) is 0.548. The zero-order valence-electron chi connectivity index (χ0n) is 17.2. The molecule has 149 valence electrons. The van der Waals surface area contributed by atoms with Gasteiger partial charge in [-0.15, -0.1) is 0 Å². The summed E-state index contributed by atoms with van der Waals surface area (Å²) in [6.07, 6.45) is 29.2. The van der Waals surface area contributed by atoms with E-state index in [2.05, 4.69) is 6.42 Å². The van der Waals surface area contributed by atoms with Gasteiger partial charge in [-0.1, -0.05) is 96.0 Å². The number of aliphatic carboxylic acids is 1. The Morgan fingerprint density at radius 2 is 1.12 bits per heavy atom. The molecule has 0 spiro atoms. The highest BCUT2D eigenvalue weighted by Gasteiger charge is 2.10. The van der Waals surface area contributed by atoms with Crippen LogP contribution >= 0.6 is 0 Å². The quantitative estimate of drug-likeness (QED) is 0.511. The third kappa shape index (κ3) is 13.4. The lowest BCUT2D eigenvalue weighted by atomic mass is 9.91. The summed E-state index contributed by atoms with van der Waals surface area (Å²) < 4.78 is 0. The second-order valence-corrected chi connectivity index (χ2v) is 7.99. The van der Waals surface area contributed by atoms with Gasteiger partial charge in [0.15, 0.2) is 0 Å². The van der Waals surface area contributed by atoms with Crippen LogP contribution in [-0.2, 0) is 4.79 Å². The van der Waals surface area contributed by atoms with Crippen molar-refractivity contribution in [2.24, 2.45) is 0 Å². The topological polar surface area (TPSA) is 37.3 Å². The van der Waals surface area contributed by atoms with E-state index in [4.69, 9.17) is 5.11 Å². The summed E-state index contributed by atoms with van der Waals surface area (Å²) in [6, 6.07) is 0. The lowest BCUT2D eigenvalue weighted by Crippen LogP contribution is -2.02. The van der Waals surface area contributed by atoms with Crippen LogP contribution in [0, 0.1) is 12.3 Å². The van der Waals surface area contributed by atoms with Gasteiger partial charge in [-0.25, -0.2) is 4.79 Å². The second kappa shape index (κ2) is 16.4. The molecule has 26 heavy (non-hydrogen) atoms. The second-order valence-electron chi connectivity index (χ2n) is 7.99. The molecule has 1 N–H and O–H groups in total. The lowest BCUT2D eigenvalue weighted by molar-refractivity contribution is -0.132. The molecule has 0 aromatic rings. The minimum atomic E-state index is -0.787. The van der Waals surface area contributed by atoms with Crippen LogP contribution in [0.1, 0.15) is 122 Å². The predicted octanol–water partition coefficient (Wildman–Crippen LogP) is 7.71. The summed E-state index contributed by atoms with van der Waals surface area (Å²) in [5.41, 5.74) is 0.479. The highest BCUT2D eigenvalue weighted by Crippen LogP contribution is 2.25. The fraction of sp³-hybridized carbons (Fsp3) is 0.792. The minimum absolute atomic E-state index is 0.479. The van der Waals surface area contributed by atoms with Gasteiger partial charge in [0.2, 0.25) is 0 Å². The normalized spacial score (nSPS) is 22.6. The molecule has 2 heteroatoms. The summed E-state index contributed by atoms with van der Waals surface area (Å²) in [4.78, 5) is 10.8. The average Bonchev–Trinajstić information content (AvgIpc) is 2.65. The molecule has 2 saturated carbocycles. The molecule has 2 aliphatic carbocycles. The van der Waals surface area contributed by atoms with E-state index < -0.39 is 5.97 Å². The summed E-state index contributed by atoms with van der Waals surface area (Å²) in [7, 11) is 0. The number of carbonyl (C=O) groups is 1. The van der Waals surface area contributed by atoms with Crippen LogP contribution < -0.4 is 0 Å². The first-order valence-electron chi connectivity index (χ1n) is 11.2. The van der Waals surface area contributed by atoms with Gasteiger partial charge in [0, 0.05) is 5.57 Å². The van der Waals surface area contributed by atoms with Crippen LogP contribution in [0.15, 0.2) is 11.6 Å². The highest BCUT2D eigenvalue weighted by atomic mass is 16.4. The fourth-order valence-corrected chi connectivity index (χ4v) is 3.73.